The molecule has 6 nitrogen and oxygen atoms in total. The normalized spacial score (nSPS) is 15.0. The first kappa shape index (κ1) is 14.3. The third-order valence-electron chi connectivity index (χ3n) is 3.67. The average molecular weight is 289 g/mol. The van der Waals surface area contributed by atoms with Crippen molar-refractivity contribution in [2.45, 2.75) is 45.4 Å². The molecule has 0 amide bonds. The van der Waals surface area contributed by atoms with E-state index in [4.69, 9.17) is 4.42 Å². The van der Waals surface area contributed by atoms with Gasteiger partial charge in [0.25, 0.3) is 0 Å². The topological polar surface area (TPSA) is 59.1 Å². The first-order chi connectivity index (χ1) is 10.2. The maximum atomic E-state index is 5.59. The average Bonchev–Trinajstić information content (AvgIpc) is 3.03. The Kier molecular flexibility index (Phi) is 4.36. The predicted octanol–water partition coefficient (Wildman–Crippen LogP) is 1.56. The summed E-state index contributed by atoms with van der Waals surface area (Å²) in [6.45, 7) is 5.37. The van der Waals surface area contributed by atoms with Gasteiger partial charge in [0.05, 0.1) is 18.8 Å². The maximum absolute atomic E-state index is 5.59. The summed E-state index contributed by atoms with van der Waals surface area (Å²) < 4.78 is 7.50. The minimum atomic E-state index is 0.707. The lowest BCUT2D eigenvalue weighted by atomic mass is 10.4. The highest BCUT2D eigenvalue weighted by Gasteiger charge is 2.20. The third-order valence-corrected chi connectivity index (χ3v) is 3.67. The van der Waals surface area contributed by atoms with Crippen LogP contribution >= 0.6 is 0 Å². The molecule has 0 aromatic carbocycles. The third kappa shape index (κ3) is 4.41. The molecule has 0 saturated heterocycles. The van der Waals surface area contributed by atoms with E-state index in [1.807, 2.05) is 29.9 Å². The largest absolute Gasteiger partial charge is 0.465 e. The molecule has 1 fully saturated rings. The van der Waals surface area contributed by atoms with Gasteiger partial charge in [-0.2, -0.15) is 0 Å². The smallest absolute Gasteiger partial charge is 0.118 e. The number of nitrogens with one attached hydrogen (secondary N) is 1. The van der Waals surface area contributed by atoms with Crippen molar-refractivity contribution >= 4 is 0 Å². The van der Waals surface area contributed by atoms with E-state index in [2.05, 4.69) is 27.6 Å². The van der Waals surface area contributed by atoms with Crippen LogP contribution in [-0.4, -0.2) is 39.5 Å². The summed E-state index contributed by atoms with van der Waals surface area (Å²) in [5.74, 6) is 1.96. The first-order valence-corrected chi connectivity index (χ1v) is 7.55. The van der Waals surface area contributed by atoms with Gasteiger partial charge in [-0.3, -0.25) is 9.58 Å². The van der Waals surface area contributed by atoms with Gasteiger partial charge in [0.15, 0.2) is 0 Å². The molecule has 1 aliphatic carbocycles. The van der Waals surface area contributed by atoms with Crippen molar-refractivity contribution in [1.29, 1.82) is 0 Å². The second-order valence-electron chi connectivity index (χ2n) is 5.88. The van der Waals surface area contributed by atoms with E-state index in [0.29, 0.717) is 6.04 Å². The van der Waals surface area contributed by atoms with Gasteiger partial charge in [-0.1, -0.05) is 5.21 Å². The molecule has 114 valence electrons. The zero-order valence-electron chi connectivity index (χ0n) is 12.7. The van der Waals surface area contributed by atoms with Crippen LogP contribution < -0.4 is 5.32 Å². The van der Waals surface area contributed by atoms with E-state index >= 15 is 0 Å². The van der Waals surface area contributed by atoms with Crippen molar-refractivity contribution < 1.29 is 4.42 Å². The van der Waals surface area contributed by atoms with Crippen molar-refractivity contribution in [3.63, 3.8) is 0 Å². The van der Waals surface area contributed by atoms with Crippen molar-refractivity contribution in [3.8, 4) is 0 Å². The van der Waals surface area contributed by atoms with Crippen LogP contribution in [0.2, 0.25) is 0 Å². The lowest BCUT2D eigenvalue weighted by Gasteiger charge is -2.14. The lowest BCUT2D eigenvalue weighted by Crippen LogP contribution is -2.23. The van der Waals surface area contributed by atoms with Crippen molar-refractivity contribution in [2.24, 2.45) is 0 Å². The van der Waals surface area contributed by atoms with Crippen molar-refractivity contribution in [1.82, 2.24) is 25.2 Å². The molecule has 2 heterocycles. The summed E-state index contributed by atoms with van der Waals surface area (Å²) in [4.78, 5) is 2.22. The predicted molar refractivity (Wildman–Crippen MR) is 79.7 cm³/mol. The summed E-state index contributed by atoms with van der Waals surface area (Å²) in [6.07, 6.45) is 4.62. The second-order valence-corrected chi connectivity index (χ2v) is 5.88. The molecule has 2 aromatic heterocycles. The van der Waals surface area contributed by atoms with E-state index in [1.165, 1.54) is 12.8 Å². The molecule has 6 heteroatoms. The summed E-state index contributed by atoms with van der Waals surface area (Å²) in [6, 6.07) is 4.74. The number of rotatable bonds is 8. The number of nitrogens with zero attached hydrogens (tertiary/aromatic N) is 4. The SMILES string of the molecule is Cc1ccc(CN(C)CCn2cc(CNC3CC3)nn2)o1. The Morgan fingerprint density at radius 3 is 3.00 bits per heavy atom. The summed E-state index contributed by atoms with van der Waals surface area (Å²) in [7, 11) is 2.09. The molecule has 0 bridgehead atoms. The zero-order valence-corrected chi connectivity index (χ0v) is 12.7. The van der Waals surface area contributed by atoms with Gasteiger partial charge in [-0.15, -0.1) is 5.10 Å². The monoisotopic (exact) mass is 289 g/mol. The Morgan fingerprint density at radius 1 is 1.43 bits per heavy atom. The Labute approximate surface area is 125 Å². The molecule has 3 rings (SSSR count). The van der Waals surface area contributed by atoms with Crippen molar-refractivity contribution in [2.75, 3.05) is 13.6 Å². The second kappa shape index (κ2) is 6.41. The van der Waals surface area contributed by atoms with Crippen LogP contribution in [0.15, 0.2) is 22.7 Å². The van der Waals surface area contributed by atoms with E-state index in [9.17, 15) is 0 Å². The minimum Gasteiger partial charge on any atom is -0.465 e. The van der Waals surface area contributed by atoms with Gasteiger partial charge < -0.3 is 9.73 Å². The van der Waals surface area contributed by atoms with Crippen LogP contribution in [0.3, 0.4) is 0 Å². The lowest BCUT2D eigenvalue weighted by molar-refractivity contribution is 0.276. The van der Waals surface area contributed by atoms with Crippen LogP contribution in [0.4, 0.5) is 0 Å². The molecule has 0 aliphatic heterocycles. The molecule has 1 saturated carbocycles. The van der Waals surface area contributed by atoms with Crippen LogP contribution in [0.1, 0.15) is 30.1 Å². The summed E-state index contributed by atoms with van der Waals surface area (Å²) in [5.41, 5.74) is 1.02. The van der Waals surface area contributed by atoms with Gasteiger partial charge in [-0.05, 0) is 38.9 Å². The highest BCUT2D eigenvalue weighted by atomic mass is 16.3. The van der Waals surface area contributed by atoms with Gasteiger partial charge in [0.2, 0.25) is 0 Å². The van der Waals surface area contributed by atoms with Gasteiger partial charge in [0.1, 0.15) is 11.5 Å². The molecule has 1 aliphatic rings. The Balaban J connectivity index is 1.41. The molecule has 1 N–H and O–H groups in total. The fourth-order valence-corrected chi connectivity index (χ4v) is 2.25. The maximum Gasteiger partial charge on any atom is 0.118 e. The van der Waals surface area contributed by atoms with Gasteiger partial charge in [0, 0.05) is 25.3 Å². The molecule has 0 unspecified atom stereocenters. The number of likely N-dealkylation sites (N-methyl/N-ethyl adjacent to an activating group) is 1. The highest BCUT2D eigenvalue weighted by Crippen LogP contribution is 2.18. The standard InChI is InChI=1S/C15H23N5O/c1-12-3-6-15(21-12)11-19(2)7-8-20-10-14(17-18-20)9-16-13-4-5-13/h3,6,10,13,16H,4-5,7-9,11H2,1-2H3. The number of hydrogen-bond donors (Lipinski definition) is 1. The zero-order chi connectivity index (χ0) is 14.7. The molecule has 2 aromatic rings. The number of furan rings is 1. The van der Waals surface area contributed by atoms with E-state index in [1.54, 1.807) is 0 Å². The highest BCUT2D eigenvalue weighted by molar-refractivity contribution is 5.05. The Hall–Kier alpha value is -1.66. The molecular weight excluding hydrogens is 266 g/mol. The van der Waals surface area contributed by atoms with Crippen molar-refractivity contribution in [3.05, 3.63) is 35.5 Å². The first-order valence-electron chi connectivity index (χ1n) is 7.55. The molecule has 0 radical (unpaired) electrons. The van der Waals surface area contributed by atoms with Gasteiger partial charge in [-0.25, -0.2) is 0 Å². The van der Waals surface area contributed by atoms with E-state index in [0.717, 1.165) is 43.4 Å². The molecular formula is C15H23N5O. The fraction of sp³-hybridized carbons (Fsp3) is 0.600. The van der Waals surface area contributed by atoms with Gasteiger partial charge >= 0.3 is 0 Å². The minimum absolute atomic E-state index is 0.707. The van der Waals surface area contributed by atoms with E-state index < -0.39 is 0 Å². The van der Waals surface area contributed by atoms with Crippen LogP contribution in [0.5, 0.6) is 0 Å². The number of hydrogen-bond acceptors (Lipinski definition) is 5. The summed E-state index contributed by atoms with van der Waals surface area (Å²) >= 11 is 0. The quantitative estimate of drug-likeness (QED) is 0.799. The number of aryl methyl sites for hydroxylation is 1. The van der Waals surface area contributed by atoms with E-state index in [-0.39, 0.29) is 0 Å². The van der Waals surface area contributed by atoms with Crippen LogP contribution in [0, 0.1) is 6.92 Å². The molecule has 21 heavy (non-hydrogen) atoms. The summed E-state index contributed by atoms with van der Waals surface area (Å²) in [5, 5.41) is 11.8. The molecule has 0 spiro atoms. The molecule has 0 atom stereocenters. The fourth-order valence-electron chi connectivity index (χ4n) is 2.25. The Bertz CT molecular complexity index is 572. The Morgan fingerprint density at radius 2 is 2.29 bits per heavy atom. The van der Waals surface area contributed by atoms with Crippen LogP contribution in [-0.2, 0) is 19.6 Å². The van der Waals surface area contributed by atoms with Crippen LogP contribution in [0.25, 0.3) is 0 Å². The number of aromatic nitrogens is 3.